The molecule has 0 spiro atoms. The molecule has 0 atom stereocenters. The van der Waals surface area contributed by atoms with Crippen molar-refractivity contribution in [3.05, 3.63) is 60.2 Å². The lowest BCUT2D eigenvalue weighted by Gasteiger charge is -2.26. The third-order valence-corrected chi connectivity index (χ3v) is 6.05. The molecule has 0 unspecified atom stereocenters. The lowest BCUT2D eigenvalue weighted by atomic mass is 10.1. The highest BCUT2D eigenvalue weighted by atomic mass is 32.2. The highest BCUT2D eigenvalue weighted by Gasteiger charge is 2.16. The smallest absolute Gasteiger partial charge is 0.169 e. The summed E-state index contributed by atoms with van der Waals surface area (Å²) in [5, 5.41) is 4.20. The zero-order valence-corrected chi connectivity index (χ0v) is 17.0. The average Bonchev–Trinajstić information content (AvgIpc) is 3.21. The maximum absolute atomic E-state index is 5.58. The number of para-hydroxylation sites is 1. The van der Waals surface area contributed by atoms with E-state index in [1.807, 2.05) is 17.8 Å². The molecule has 1 fully saturated rings. The van der Waals surface area contributed by atoms with Crippen molar-refractivity contribution in [2.24, 2.45) is 0 Å². The third kappa shape index (κ3) is 5.39. The quantitative estimate of drug-likeness (QED) is 0.432. The van der Waals surface area contributed by atoms with E-state index >= 15 is 0 Å². The summed E-state index contributed by atoms with van der Waals surface area (Å²) in [5.41, 5.74) is 2.71. The second kappa shape index (κ2) is 9.83. The fourth-order valence-electron chi connectivity index (χ4n) is 3.22. The molecule has 1 aliphatic heterocycles. The minimum Gasteiger partial charge on any atom is -0.371 e. The number of benzene rings is 2. The van der Waals surface area contributed by atoms with Crippen molar-refractivity contribution < 1.29 is 0 Å². The van der Waals surface area contributed by atoms with Crippen molar-refractivity contribution in [1.29, 1.82) is 0 Å². The molecule has 0 saturated carbocycles. The number of anilines is 1. The molecule has 138 valence electrons. The zero-order valence-electron chi connectivity index (χ0n) is 15.4. The number of hydrogen-bond acceptors (Lipinski definition) is 3. The van der Waals surface area contributed by atoms with Crippen LogP contribution in [0.1, 0.15) is 18.4 Å². The maximum Gasteiger partial charge on any atom is 0.169 e. The Morgan fingerprint density at radius 1 is 1.08 bits per heavy atom. The molecule has 2 aromatic rings. The van der Waals surface area contributed by atoms with Crippen LogP contribution in [0, 0.1) is 0 Å². The van der Waals surface area contributed by atoms with Gasteiger partial charge in [-0.3, -0.25) is 0 Å². The fraction of sp³-hybridized carbons (Fsp3) is 0.381. The highest BCUT2D eigenvalue weighted by molar-refractivity contribution is 7.99. The first-order chi connectivity index (χ1) is 12.7. The van der Waals surface area contributed by atoms with Gasteiger partial charge in [-0.05, 0) is 48.8 Å². The highest BCUT2D eigenvalue weighted by Crippen LogP contribution is 2.25. The lowest BCUT2D eigenvalue weighted by Crippen LogP contribution is -2.38. The Bertz CT molecular complexity index is 699. The van der Waals surface area contributed by atoms with E-state index in [2.05, 4.69) is 70.7 Å². The average molecular weight is 386 g/mol. The van der Waals surface area contributed by atoms with Gasteiger partial charge in [-0.15, -0.1) is 11.8 Å². The standard InChI is InChI=1S/C21H27N3S2/c1-23(21(25)22-13-16-26-19-10-3-2-4-11-19)17-18-9-5-6-12-20(18)24-14-7-8-15-24/h2-6,9-12H,7-8,13-17H2,1H3,(H,22,25). The van der Waals surface area contributed by atoms with Gasteiger partial charge in [-0.2, -0.15) is 0 Å². The summed E-state index contributed by atoms with van der Waals surface area (Å²) in [6, 6.07) is 19.2. The summed E-state index contributed by atoms with van der Waals surface area (Å²) < 4.78 is 0. The van der Waals surface area contributed by atoms with E-state index in [1.165, 1.54) is 42.1 Å². The number of hydrogen-bond donors (Lipinski definition) is 1. The van der Waals surface area contributed by atoms with Crippen LogP contribution < -0.4 is 10.2 Å². The predicted molar refractivity (Wildman–Crippen MR) is 117 cm³/mol. The number of thiocarbonyl (C=S) groups is 1. The number of thioether (sulfide) groups is 1. The van der Waals surface area contributed by atoms with E-state index < -0.39 is 0 Å². The van der Waals surface area contributed by atoms with Gasteiger partial charge < -0.3 is 15.1 Å². The molecule has 3 rings (SSSR count). The van der Waals surface area contributed by atoms with Crippen LogP contribution in [0.2, 0.25) is 0 Å². The van der Waals surface area contributed by atoms with Crippen LogP contribution in [-0.4, -0.2) is 42.4 Å². The summed E-state index contributed by atoms with van der Waals surface area (Å²) in [6.07, 6.45) is 2.59. The van der Waals surface area contributed by atoms with Gasteiger partial charge in [0.15, 0.2) is 5.11 Å². The van der Waals surface area contributed by atoms with Crippen molar-refractivity contribution >= 4 is 34.8 Å². The first kappa shape index (κ1) is 19.1. The van der Waals surface area contributed by atoms with Gasteiger partial charge in [0.05, 0.1) is 0 Å². The molecule has 3 nitrogen and oxygen atoms in total. The Labute approximate surface area is 166 Å². The molecule has 2 aromatic carbocycles. The summed E-state index contributed by atoms with van der Waals surface area (Å²) in [6.45, 7) is 4.04. The molecule has 1 N–H and O–H groups in total. The topological polar surface area (TPSA) is 18.5 Å². The van der Waals surface area contributed by atoms with Gasteiger partial charge in [0.1, 0.15) is 0 Å². The zero-order chi connectivity index (χ0) is 18.2. The van der Waals surface area contributed by atoms with Gasteiger partial charge in [0.2, 0.25) is 0 Å². The van der Waals surface area contributed by atoms with E-state index in [1.54, 1.807) is 0 Å². The van der Waals surface area contributed by atoms with Gasteiger partial charge in [-0.1, -0.05) is 36.4 Å². The molecule has 0 bridgehead atoms. The van der Waals surface area contributed by atoms with Crippen LogP contribution in [0.25, 0.3) is 0 Å². The van der Waals surface area contributed by atoms with E-state index in [-0.39, 0.29) is 0 Å². The molecule has 5 heteroatoms. The maximum atomic E-state index is 5.58. The second-order valence-electron chi connectivity index (χ2n) is 6.57. The monoisotopic (exact) mass is 385 g/mol. The van der Waals surface area contributed by atoms with Gasteiger partial charge >= 0.3 is 0 Å². The van der Waals surface area contributed by atoms with Gasteiger partial charge in [0.25, 0.3) is 0 Å². The third-order valence-electron chi connectivity index (χ3n) is 4.58. The summed E-state index contributed by atoms with van der Waals surface area (Å²) in [5.74, 6) is 1.00. The molecule has 1 heterocycles. The van der Waals surface area contributed by atoms with Crippen LogP contribution in [0.3, 0.4) is 0 Å². The first-order valence-corrected chi connectivity index (χ1v) is 10.6. The Balaban J connectivity index is 1.47. The molecule has 0 radical (unpaired) electrons. The van der Waals surface area contributed by atoms with Gasteiger partial charge in [-0.25, -0.2) is 0 Å². The Morgan fingerprint density at radius 2 is 1.77 bits per heavy atom. The van der Waals surface area contributed by atoms with Crippen LogP contribution >= 0.6 is 24.0 Å². The van der Waals surface area contributed by atoms with Crippen molar-refractivity contribution in [2.45, 2.75) is 24.3 Å². The van der Waals surface area contributed by atoms with Crippen LogP contribution in [0.4, 0.5) is 5.69 Å². The number of rotatable bonds is 7. The Hall–Kier alpha value is -1.72. The predicted octanol–water partition coefficient (Wildman–Crippen LogP) is 4.39. The molecule has 0 aromatic heterocycles. The normalized spacial score (nSPS) is 13.7. The number of nitrogens with zero attached hydrogens (tertiary/aromatic N) is 2. The largest absolute Gasteiger partial charge is 0.371 e. The SMILES string of the molecule is CN(Cc1ccccc1N1CCCC1)C(=S)NCCSc1ccccc1. The van der Waals surface area contributed by atoms with Gasteiger partial charge in [0, 0.05) is 49.6 Å². The molecule has 26 heavy (non-hydrogen) atoms. The summed E-state index contributed by atoms with van der Waals surface area (Å²) in [4.78, 5) is 5.93. The van der Waals surface area contributed by atoms with Crippen molar-refractivity contribution in [1.82, 2.24) is 10.2 Å². The van der Waals surface area contributed by atoms with E-state index in [0.29, 0.717) is 0 Å². The van der Waals surface area contributed by atoms with E-state index in [0.717, 1.165) is 24.0 Å². The number of nitrogens with one attached hydrogen (secondary N) is 1. The Morgan fingerprint density at radius 3 is 2.54 bits per heavy atom. The molecule has 1 saturated heterocycles. The summed E-state index contributed by atoms with van der Waals surface area (Å²) >= 11 is 7.43. The van der Waals surface area contributed by atoms with E-state index in [9.17, 15) is 0 Å². The van der Waals surface area contributed by atoms with E-state index in [4.69, 9.17) is 12.2 Å². The minimum atomic E-state index is 0.815. The molecular weight excluding hydrogens is 358 g/mol. The Kier molecular flexibility index (Phi) is 7.21. The molecule has 1 aliphatic rings. The van der Waals surface area contributed by atoms with Crippen molar-refractivity contribution in [2.75, 3.05) is 37.3 Å². The second-order valence-corrected chi connectivity index (χ2v) is 8.13. The van der Waals surface area contributed by atoms with Crippen molar-refractivity contribution in [3.63, 3.8) is 0 Å². The molecular formula is C21H27N3S2. The first-order valence-electron chi connectivity index (χ1n) is 9.24. The molecule has 0 aliphatic carbocycles. The van der Waals surface area contributed by atoms with Crippen molar-refractivity contribution in [3.8, 4) is 0 Å². The fourth-order valence-corrected chi connectivity index (χ4v) is 4.17. The lowest BCUT2D eigenvalue weighted by molar-refractivity contribution is 0.491. The van der Waals surface area contributed by atoms with Crippen LogP contribution in [0.5, 0.6) is 0 Å². The molecule has 0 amide bonds. The summed E-state index contributed by atoms with van der Waals surface area (Å²) in [7, 11) is 2.07. The minimum absolute atomic E-state index is 0.815. The van der Waals surface area contributed by atoms with Crippen LogP contribution in [-0.2, 0) is 6.54 Å². The van der Waals surface area contributed by atoms with Crippen LogP contribution in [0.15, 0.2) is 59.5 Å².